The minimum absolute atomic E-state index is 0. The summed E-state index contributed by atoms with van der Waals surface area (Å²) in [5, 5.41) is 33.9. The number of nitrogens with zero attached hydrogens (tertiary/aromatic N) is 4. The standard InChI is InChI=1S/4CHNS.Co.Hg/c4*2-1-3;;/h4*3H;;/p-4. The molecule has 0 saturated carbocycles. The van der Waals surface area contributed by atoms with Crippen molar-refractivity contribution in [3.8, 4) is 21.6 Å². The smallest absolute Gasteiger partial charge is 0 e. The van der Waals surface area contributed by atoms with Gasteiger partial charge in [-0.2, -0.15) is 0 Å². The molecule has 0 spiro atoms. The van der Waals surface area contributed by atoms with Crippen molar-refractivity contribution >= 4 is 50.5 Å². The van der Waals surface area contributed by atoms with Crippen molar-refractivity contribution in [2.75, 3.05) is 0 Å². The van der Waals surface area contributed by atoms with Crippen LogP contribution in [0.15, 0.2) is 0 Å². The summed E-state index contributed by atoms with van der Waals surface area (Å²) in [6.45, 7) is 0. The summed E-state index contributed by atoms with van der Waals surface area (Å²) >= 11 is 14.8. The number of hydrogen-bond acceptors (Lipinski definition) is 8. The molecule has 0 unspecified atom stereocenters. The van der Waals surface area contributed by atoms with Gasteiger partial charge in [0.25, 0.3) is 0 Å². The van der Waals surface area contributed by atoms with Gasteiger partial charge < -0.3 is 50.5 Å². The fourth-order valence-electron chi connectivity index (χ4n) is 0. The van der Waals surface area contributed by atoms with Gasteiger partial charge in [0.15, 0.2) is 0 Å². The van der Waals surface area contributed by atoms with Crippen LogP contribution in [-0.4, -0.2) is 0 Å². The third-order valence-electron chi connectivity index (χ3n) is 0. The molecule has 0 bridgehead atoms. The van der Waals surface area contributed by atoms with Crippen LogP contribution in [0.2, 0.25) is 0 Å². The van der Waals surface area contributed by atoms with E-state index in [1.807, 2.05) is 0 Å². The molecule has 0 atom stereocenters. The maximum absolute atomic E-state index is 7.13. The molecule has 1 radical (unpaired) electrons. The number of thiocyanates is 4. The van der Waals surface area contributed by atoms with Crippen molar-refractivity contribution in [1.82, 2.24) is 0 Å². The van der Waals surface area contributed by atoms with Gasteiger partial charge in [0.1, 0.15) is 0 Å². The van der Waals surface area contributed by atoms with E-state index in [1.54, 1.807) is 0 Å². The maximum atomic E-state index is 7.13. The predicted octanol–water partition coefficient (Wildman–Crippen LogP) is 0.0525. The molecule has 0 aliphatic rings. The molecule has 0 aromatic carbocycles. The Bertz CT molecular complexity index is 163. The Labute approximate surface area is 136 Å². The average molecular weight is 492 g/mol. The van der Waals surface area contributed by atoms with Crippen LogP contribution in [-0.2, 0) is 95.0 Å². The van der Waals surface area contributed by atoms with E-state index in [1.165, 1.54) is 21.6 Å². The summed E-state index contributed by atoms with van der Waals surface area (Å²) in [5.41, 5.74) is 0. The van der Waals surface area contributed by atoms with Gasteiger partial charge in [0.05, 0.1) is 0 Å². The second kappa shape index (κ2) is 109. The van der Waals surface area contributed by atoms with E-state index in [2.05, 4.69) is 50.5 Å². The largest absolute Gasteiger partial charge is 0.696 e. The van der Waals surface area contributed by atoms with Crippen LogP contribution in [0.1, 0.15) is 0 Å². The molecule has 0 aliphatic carbocycles. The van der Waals surface area contributed by atoms with Gasteiger partial charge in [0, 0.05) is 44.4 Å². The fourth-order valence-corrected chi connectivity index (χ4v) is 0. The molecule has 0 aliphatic heterocycles. The molecule has 0 heterocycles. The molecular formula is C4CoHgN4S4-4. The van der Waals surface area contributed by atoms with Gasteiger partial charge in [-0.05, 0) is 0 Å². The van der Waals surface area contributed by atoms with E-state index in [0.717, 1.165) is 0 Å². The third-order valence-corrected chi connectivity index (χ3v) is 0. The summed E-state index contributed by atoms with van der Waals surface area (Å²) in [7, 11) is 0. The molecule has 0 aromatic heterocycles. The van der Waals surface area contributed by atoms with Crippen LogP contribution in [0.5, 0.6) is 0 Å². The van der Waals surface area contributed by atoms with Crippen molar-refractivity contribution in [2.24, 2.45) is 0 Å². The summed E-state index contributed by atoms with van der Waals surface area (Å²) in [4.78, 5) is 0. The van der Waals surface area contributed by atoms with Gasteiger partial charge in [-0.15, -0.1) is 0 Å². The van der Waals surface area contributed by atoms with E-state index in [0.29, 0.717) is 0 Å². The summed E-state index contributed by atoms with van der Waals surface area (Å²) in [6.07, 6.45) is 0. The average Bonchev–Trinajstić information content (AvgIpc) is 1.92. The van der Waals surface area contributed by atoms with E-state index in [9.17, 15) is 0 Å². The zero-order valence-electron chi connectivity index (χ0n) is 6.46. The van der Waals surface area contributed by atoms with Gasteiger partial charge in [0.2, 0.25) is 0 Å². The first-order valence-electron chi connectivity index (χ1n) is 1.71. The minimum Gasteiger partial charge on any atom is -0.696 e. The van der Waals surface area contributed by atoms with Crippen LogP contribution in [0, 0.1) is 42.7 Å². The first-order chi connectivity index (χ1) is 5.66. The van der Waals surface area contributed by atoms with Crippen LogP contribution in [0.3, 0.4) is 0 Å². The van der Waals surface area contributed by atoms with Crippen LogP contribution in [0.4, 0.5) is 0 Å². The zero-order chi connectivity index (χ0) is 10.8. The molecule has 0 saturated heterocycles. The Balaban J connectivity index is -0.0000000145. The van der Waals surface area contributed by atoms with E-state index < -0.39 is 0 Å². The minimum atomic E-state index is 0. The van der Waals surface area contributed by atoms with Gasteiger partial charge >= 0.3 is 0 Å². The first-order valence-corrected chi connectivity index (χ1v) is 3.34. The van der Waals surface area contributed by atoms with Gasteiger partial charge in [-0.3, -0.25) is 0 Å². The SMILES string of the molecule is N#C[S-].N#C[S-].N#C[S-].N#C[S-].[Co].[Hg]. The Morgan fingerprint density at radius 3 is 0.571 bits per heavy atom. The van der Waals surface area contributed by atoms with E-state index in [4.69, 9.17) is 21.0 Å². The van der Waals surface area contributed by atoms with Crippen molar-refractivity contribution in [2.45, 2.75) is 0 Å². The third kappa shape index (κ3) is 19700. The molecule has 0 rings (SSSR count). The molecular weight excluding hydrogens is 492 g/mol. The molecule has 4 nitrogen and oxygen atoms in total. The maximum Gasteiger partial charge on any atom is 0 e. The van der Waals surface area contributed by atoms with Gasteiger partial charge in [-0.1, -0.05) is 21.6 Å². The van der Waals surface area contributed by atoms with Crippen molar-refractivity contribution in [3.05, 3.63) is 0 Å². The zero-order valence-corrected chi connectivity index (χ0v) is 16.3. The quantitative estimate of drug-likeness (QED) is 0.267. The Hall–Kier alpha value is 0.282. The van der Waals surface area contributed by atoms with Crippen LogP contribution in [0.25, 0.3) is 0 Å². The summed E-state index contributed by atoms with van der Waals surface area (Å²) < 4.78 is 0. The van der Waals surface area contributed by atoms with Crippen molar-refractivity contribution in [1.29, 1.82) is 21.0 Å². The Morgan fingerprint density at radius 1 is 0.571 bits per heavy atom. The molecule has 0 amide bonds. The summed E-state index contributed by atoms with van der Waals surface area (Å²) in [5.74, 6) is 0. The number of hydrogen-bond donors (Lipinski definition) is 0. The Kier molecular flexibility index (Phi) is 287. The normalized spacial score (nSPS) is 2.00. The van der Waals surface area contributed by atoms with E-state index in [-0.39, 0.29) is 44.4 Å². The Morgan fingerprint density at radius 2 is 0.571 bits per heavy atom. The monoisotopic (exact) mass is 493 g/mol. The molecule has 0 aromatic rings. The number of nitriles is 4. The topological polar surface area (TPSA) is 95.2 Å². The second-order valence-electron chi connectivity index (χ2n) is 0.365. The molecule has 14 heavy (non-hydrogen) atoms. The second-order valence-corrected chi connectivity index (χ2v) is 1.10. The van der Waals surface area contributed by atoms with E-state index >= 15 is 0 Å². The molecule has 10 heteroatoms. The van der Waals surface area contributed by atoms with Crippen molar-refractivity contribution in [3.63, 3.8) is 0 Å². The van der Waals surface area contributed by atoms with Crippen LogP contribution < -0.4 is 0 Å². The van der Waals surface area contributed by atoms with Crippen molar-refractivity contribution < 1.29 is 44.4 Å². The van der Waals surface area contributed by atoms with Crippen LogP contribution >= 0.6 is 0 Å². The predicted molar refractivity (Wildman–Crippen MR) is 51.9 cm³/mol. The summed E-state index contributed by atoms with van der Waals surface area (Å²) in [6, 6.07) is 0. The first kappa shape index (κ1) is 36.7. The molecule has 0 fully saturated rings. The fraction of sp³-hybridized carbons (Fsp3) is 0. The van der Waals surface area contributed by atoms with Gasteiger partial charge in [-0.25, -0.2) is 21.0 Å². The number of rotatable bonds is 0. The molecule has 75 valence electrons. The molecule has 0 N–H and O–H groups in total.